The summed E-state index contributed by atoms with van der Waals surface area (Å²) < 4.78 is 18.3. The van der Waals surface area contributed by atoms with Crippen LogP contribution in [0.3, 0.4) is 0 Å². The van der Waals surface area contributed by atoms with E-state index in [4.69, 9.17) is 13.9 Å². The van der Waals surface area contributed by atoms with Crippen molar-refractivity contribution in [2.45, 2.75) is 80.6 Å². The Morgan fingerprint density at radius 3 is 2.24 bits per heavy atom. The van der Waals surface area contributed by atoms with E-state index in [1.807, 2.05) is 37.3 Å². The molecule has 4 nitrogen and oxygen atoms in total. The van der Waals surface area contributed by atoms with Crippen molar-refractivity contribution >= 4 is 20.1 Å². The molecule has 1 N–H and O–H groups in total. The van der Waals surface area contributed by atoms with Gasteiger partial charge >= 0.3 is 0 Å². The third kappa shape index (κ3) is 4.87. The summed E-state index contributed by atoms with van der Waals surface area (Å²) in [5.41, 5.74) is -0.376. The monoisotopic (exact) mass is 384 g/mol. The highest BCUT2D eigenvalue weighted by Gasteiger charge is 2.49. The molecule has 1 aliphatic rings. The maximum absolute atomic E-state index is 11.0. The van der Waals surface area contributed by atoms with Crippen molar-refractivity contribution in [1.82, 2.24) is 0 Å². The summed E-state index contributed by atoms with van der Waals surface area (Å²) in [6.45, 7) is 13.0. The Kier molecular flexibility index (Phi) is 6.79. The Labute approximate surface area is 157 Å². The summed E-state index contributed by atoms with van der Waals surface area (Å²) in [5, 5.41) is 11.1. The molecule has 0 spiro atoms. The van der Waals surface area contributed by atoms with Gasteiger partial charge in [-0.05, 0) is 37.2 Å². The quantitative estimate of drug-likeness (QED) is 0.768. The third-order valence-corrected chi connectivity index (χ3v) is 10.9. The van der Waals surface area contributed by atoms with E-state index in [-0.39, 0.29) is 22.7 Å². The van der Waals surface area contributed by atoms with E-state index in [9.17, 15) is 5.11 Å². The Bertz CT molecular complexity index is 546. The Hall–Kier alpha value is -0.373. The number of methoxy groups -OCH3 is 1. The summed E-state index contributed by atoms with van der Waals surface area (Å²) in [7, 11) is -0.392. The first kappa shape index (κ1) is 20.9. The minimum absolute atomic E-state index is 0.0641. The van der Waals surface area contributed by atoms with E-state index in [1.165, 1.54) is 11.8 Å². The van der Waals surface area contributed by atoms with Crippen molar-refractivity contribution in [3.8, 4) is 0 Å². The zero-order chi connectivity index (χ0) is 18.8. The van der Waals surface area contributed by atoms with E-state index in [1.54, 1.807) is 7.11 Å². The number of thioether (sulfide) groups is 1. The van der Waals surface area contributed by atoms with Crippen LogP contribution in [0.4, 0.5) is 0 Å². The van der Waals surface area contributed by atoms with Gasteiger partial charge in [0, 0.05) is 12.0 Å². The molecule has 0 saturated carbocycles. The first-order valence-electron chi connectivity index (χ1n) is 8.82. The first-order chi connectivity index (χ1) is 11.6. The van der Waals surface area contributed by atoms with Crippen LogP contribution in [0.15, 0.2) is 35.2 Å². The van der Waals surface area contributed by atoms with E-state index in [0.717, 1.165) is 4.90 Å². The predicted molar refractivity (Wildman–Crippen MR) is 106 cm³/mol. The average Bonchev–Trinajstić information content (AvgIpc) is 2.52. The van der Waals surface area contributed by atoms with Crippen LogP contribution in [-0.4, -0.2) is 50.4 Å². The van der Waals surface area contributed by atoms with Gasteiger partial charge in [0.15, 0.2) is 8.32 Å². The molecule has 0 unspecified atom stereocenters. The first-order valence-corrected chi connectivity index (χ1v) is 12.6. The van der Waals surface area contributed by atoms with Crippen LogP contribution < -0.4 is 0 Å². The molecule has 0 amide bonds. The highest BCUT2D eigenvalue weighted by Crippen LogP contribution is 2.41. The smallest absolute Gasteiger partial charge is 0.192 e. The molecule has 25 heavy (non-hydrogen) atoms. The van der Waals surface area contributed by atoms with Crippen molar-refractivity contribution in [1.29, 1.82) is 0 Å². The molecule has 1 saturated heterocycles. The molecule has 1 aromatic rings. The number of rotatable bonds is 5. The Morgan fingerprint density at radius 1 is 1.12 bits per heavy atom. The Morgan fingerprint density at radius 2 is 1.72 bits per heavy atom. The summed E-state index contributed by atoms with van der Waals surface area (Å²) in [6, 6.07) is 10.0. The second-order valence-electron chi connectivity index (χ2n) is 8.17. The molecule has 0 bridgehead atoms. The van der Waals surface area contributed by atoms with Crippen LogP contribution in [0.5, 0.6) is 0 Å². The molecule has 142 valence electrons. The highest BCUT2D eigenvalue weighted by atomic mass is 32.2. The minimum Gasteiger partial charge on any atom is -0.408 e. The molecule has 1 aliphatic heterocycles. The van der Waals surface area contributed by atoms with Crippen molar-refractivity contribution in [3.05, 3.63) is 30.3 Å². The van der Waals surface area contributed by atoms with Gasteiger partial charge < -0.3 is 19.0 Å². The van der Waals surface area contributed by atoms with Gasteiger partial charge in [0.2, 0.25) is 0 Å². The lowest BCUT2D eigenvalue weighted by atomic mass is 10.0. The molecule has 1 fully saturated rings. The maximum atomic E-state index is 11.0. The lowest BCUT2D eigenvalue weighted by Gasteiger charge is -2.48. The lowest BCUT2D eigenvalue weighted by Crippen LogP contribution is -2.61. The average molecular weight is 385 g/mol. The molecular formula is C19H32O4SSi. The fourth-order valence-electron chi connectivity index (χ4n) is 2.70. The molecule has 0 aromatic heterocycles. The number of ether oxygens (including phenoxy) is 2. The fourth-order valence-corrected chi connectivity index (χ4v) is 5.11. The SMILES string of the molecule is CO[C@@H]1[C@@H](O[Si](C)(C)C(C)(C)C)[C@@H](O)[C@H](Sc2ccccc2)O[C@H]1C. The van der Waals surface area contributed by atoms with Crippen LogP contribution in [0.1, 0.15) is 27.7 Å². The van der Waals surface area contributed by atoms with Crippen molar-refractivity contribution < 1.29 is 19.0 Å². The maximum Gasteiger partial charge on any atom is 0.192 e. The highest BCUT2D eigenvalue weighted by molar-refractivity contribution is 7.99. The van der Waals surface area contributed by atoms with Gasteiger partial charge in [-0.2, -0.15) is 0 Å². The number of aliphatic hydroxyl groups is 1. The van der Waals surface area contributed by atoms with E-state index in [2.05, 4.69) is 33.9 Å². The van der Waals surface area contributed by atoms with Gasteiger partial charge in [-0.15, -0.1) is 0 Å². The molecule has 2 rings (SSSR count). The summed E-state index contributed by atoms with van der Waals surface area (Å²) in [5.74, 6) is 0. The van der Waals surface area contributed by atoms with E-state index in [0.29, 0.717) is 0 Å². The number of aliphatic hydroxyl groups excluding tert-OH is 1. The summed E-state index contributed by atoms with van der Waals surface area (Å²) >= 11 is 1.53. The molecule has 0 aliphatic carbocycles. The van der Waals surface area contributed by atoms with Crippen LogP contribution >= 0.6 is 11.8 Å². The fraction of sp³-hybridized carbons (Fsp3) is 0.684. The zero-order valence-corrected chi connectivity index (χ0v) is 18.2. The third-order valence-electron chi connectivity index (χ3n) is 5.26. The molecule has 1 heterocycles. The van der Waals surface area contributed by atoms with Crippen LogP contribution in [0.25, 0.3) is 0 Å². The van der Waals surface area contributed by atoms with Crippen LogP contribution in [0, 0.1) is 0 Å². The zero-order valence-electron chi connectivity index (χ0n) is 16.4. The second kappa shape index (κ2) is 8.11. The second-order valence-corrected chi connectivity index (χ2v) is 14.1. The molecule has 6 heteroatoms. The number of benzene rings is 1. The lowest BCUT2D eigenvalue weighted by molar-refractivity contribution is -0.196. The largest absolute Gasteiger partial charge is 0.408 e. The van der Waals surface area contributed by atoms with Gasteiger partial charge in [0.05, 0.1) is 6.10 Å². The van der Waals surface area contributed by atoms with Gasteiger partial charge in [0.25, 0.3) is 0 Å². The van der Waals surface area contributed by atoms with Crippen LogP contribution in [-0.2, 0) is 13.9 Å². The van der Waals surface area contributed by atoms with Gasteiger partial charge in [-0.25, -0.2) is 0 Å². The van der Waals surface area contributed by atoms with Gasteiger partial charge in [-0.3, -0.25) is 0 Å². The van der Waals surface area contributed by atoms with Gasteiger partial charge in [0.1, 0.15) is 23.7 Å². The van der Waals surface area contributed by atoms with E-state index >= 15 is 0 Å². The minimum atomic E-state index is -2.05. The number of hydrogen-bond donors (Lipinski definition) is 1. The topological polar surface area (TPSA) is 47.9 Å². The van der Waals surface area contributed by atoms with Crippen LogP contribution in [0.2, 0.25) is 18.1 Å². The summed E-state index contributed by atoms with van der Waals surface area (Å²) in [4.78, 5) is 1.07. The van der Waals surface area contributed by atoms with Crippen molar-refractivity contribution in [2.24, 2.45) is 0 Å². The summed E-state index contributed by atoms with van der Waals surface area (Å²) in [6.07, 6.45) is -1.57. The van der Waals surface area contributed by atoms with Gasteiger partial charge in [-0.1, -0.05) is 50.7 Å². The molecule has 5 atom stereocenters. The molecule has 0 radical (unpaired) electrons. The standard InChI is InChI=1S/C19H32O4SSi/c1-13-16(21-5)17(23-25(6,7)19(2,3)4)15(20)18(22-13)24-14-11-9-8-10-12-14/h8-13,15-18,20H,1-7H3/t13-,15+,16-,17-,18-/m0/s1. The van der Waals surface area contributed by atoms with Crippen molar-refractivity contribution in [3.63, 3.8) is 0 Å². The number of hydrogen-bond acceptors (Lipinski definition) is 5. The Balaban J connectivity index is 2.22. The normalized spacial score (nSPS) is 31.1. The molecule has 1 aromatic carbocycles. The molecular weight excluding hydrogens is 352 g/mol. The van der Waals surface area contributed by atoms with E-state index < -0.39 is 20.5 Å². The van der Waals surface area contributed by atoms with Crippen molar-refractivity contribution in [2.75, 3.05) is 7.11 Å². The predicted octanol–water partition coefficient (Wildman–Crippen LogP) is 4.29.